The van der Waals surface area contributed by atoms with Gasteiger partial charge in [0.25, 0.3) is 0 Å². The van der Waals surface area contributed by atoms with Crippen LogP contribution in [-0.2, 0) is 0 Å². The molecule has 4 rings (SSSR count). The summed E-state index contributed by atoms with van der Waals surface area (Å²) < 4.78 is 0. The molecule has 21 heavy (non-hydrogen) atoms. The fourth-order valence-electron chi connectivity index (χ4n) is 2.57. The lowest BCUT2D eigenvalue weighted by atomic mass is 10.3. The van der Waals surface area contributed by atoms with Crippen molar-refractivity contribution in [2.45, 2.75) is 12.8 Å². The van der Waals surface area contributed by atoms with E-state index in [4.69, 9.17) is 11.6 Å². The van der Waals surface area contributed by atoms with E-state index in [1.54, 1.807) is 17.5 Å². The van der Waals surface area contributed by atoms with Crippen LogP contribution in [0.15, 0.2) is 30.6 Å². The Morgan fingerprint density at radius 1 is 1.10 bits per heavy atom. The predicted octanol–water partition coefficient (Wildman–Crippen LogP) is 4.01. The minimum absolute atomic E-state index is 0.613. The van der Waals surface area contributed by atoms with Gasteiger partial charge in [0.1, 0.15) is 21.2 Å². The lowest BCUT2D eigenvalue weighted by Crippen LogP contribution is -2.18. The fourth-order valence-corrected chi connectivity index (χ4v) is 3.60. The van der Waals surface area contributed by atoms with Crippen molar-refractivity contribution in [3.05, 3.63) is 35.6 Å². The van der Waals surface area contributed by atoms with Crippen LogP contribution in [0.2, 0.25) is 5.02 Å². The van der Waals surface area contributed by atoms with Crippen LogP contribution in [0.3, 0.4) is 0 Å². The van der Waals surface area contributed by atoms with Gasteiger partial charge in [-0.15, -0.1) is 0 Å². The molecule has 0 amide bonds. The van der Waals surface area contributed by atoms with Crippen LogP contribution in [0.25, 0.3) is 20.9 Å². The second kappa shape index (κ2) is 5.24. The van der Waals surface area contributed by atoms with E-state index >= 15 is 0 Å². The summed E-state index contributed by atoms with van der Waals surface area (Å²) in [6.45, 7) is 2.21. The van der Waals surface area contributed by atoms with Gasteiger partial charge in [-0.1, -0.05) is 22.9 Å². The summed E-state index contributed by atoms with van der Waals surface area (Å²) in [5.74, 6) is 1.05. The SMILES string of the molecule is Clc1cnc2sc(-c3ccc(N4CCCC4)nc3)nc2c1. The second-order valence-corrected chi connectivity index (χ2v) is 6.51. The van der Waals surface area contributed by atoms with E-state index in [0.29, 0.717) is 5.02 Å². The third-order valence-corrected chi connectivity index (χ3v) is 4.87. The van der Waals surface area contributed by atoms with Crippen molar-refractivity contribution >= 4 is 39.1 Å². The van der Waals surface area contributed by atoms with E-state index in [0.717, 1.165) is 39.8 Å². The number of anilines is 1. The fraction of sp³-hybridized carbons (Fsp3) is 0.267. The number of halogens is 1. The summed E-state index contributed by atoms with van der Waals surface area (Å²) >= 11 is 7.51. The Bertz CT molecular complexity index is 778. The maximum Gasteiger partial charge on any atom is 0.143 e. The predicted molar refractivity (Wildman–Crippen MR) is 87.1 cm³/mol. The molecule has 0 unspecified atom stereocenters. The molecule has 4 heterocycles. The first-order valence-corrected chi connectivity index (χ1v) is 8.12. The van der Waals surface area contributed by atoms with Crippen molar-refractivity contribution in [3.8, 4) is 10.6 Å². The number of aromatic nitrogens is 3. The first-order valence-electron chi connectivity index (χ1n) is 6.93. The molecule has 0 N–H and O–H groups in total. The Morgan fingerprint density at radius 3 is 2.71 bits per heavy atom. The number of rotatable bonds is 2. The van der Waals surface area contributed by atoms with Gasteiger partial charge in [-0.05, 0) is 31.0 Å². The molecular weight excluding hydrogens is 304 g/mol. The van der Waals surface area contributed by atoms with Gasteiger partial charge in [0.2, 0.25) is 0 Å². The minimum atomic E-state index is 0.613. The van der Waals surface area contributed by atoms with Crippen LogP contribution in [0.5, 0.6) is 0 Å². The number of nitrogens with zero attached hydrogens (tertiary/aromatic N) is 4. The molecule has 1 fully saturated rings. The summed E-state index contributed by atoms with van der Waals surface area (Å²) in [5, 5.41) is 1.54. The van der Waals surface area contributed by atoms with E-state index in [1.165, 1.54) is 12.8 Å². The van der Waals surface area contributed by atoms with E-state index in [-0.39, 0.29) is 0 Å². The second-order valence-electron chi connectivity index (χ2n) is 5.10. The molecule has 0 saturated carbocycles. The van der Waals surface area contributed by atoms with Crippen LogP contribution in [0.4, 0.5) is 5.82 Å². The Balaban J connectivity index is 1.67. The third-order valence-electron chi connectivity index (χ3n) is 3.64. The molecule has 4 nitrogen and oxygen atoms in total. The highest BCUT2D eigenvalue weighted by atomic mass is 35.5. The molecule has 1 saturated heterocycles. The molecule has 0 atom stereocenters. The largest absolute Gasteiger partial charge is 0.357 e. The van der Waals surface area contributed by atoms with Gasteiger partial charge in [0, 0.05) is 31.0 Å². The molecule has 1 aliphatic heterocycles. The van der Waals surface area contributed by atoms with Crippen molar-refractivity contribution < 1.29 is 0 Å². The van der Waals surface area contributed by atoms with Gasteiger partial charge in [-0.25, -0.2) is 15.0 Å². The van der Waals surface area contributed by atoms with Gasteiger partial charge in [-0.2, -0.15) is 0 Å². The molecule has 6 heteroatoms. The van der Waals surface area contributed by atoms with E-state index in [2.05, 4.69) is 32.0 Å². The van der Waals surface area contributed by atoms with Crippen LogP contribution < -0.4 is 4.90 Å². The Hall–Kier alpha value is -1.72. The quantitative estimate of drug-likeness (QED) is 0.716. The Kier molecular flexibility index (Phi) is 3.24. The van der Waals surface area contributed by atoms with Crippen molar-refractivity contribution in [3.63, 3.8) is 0 Å². The van der Waals surface area contributed by atoms with Crippen LogP contribution in [0.1, 0.15) is 12.8 Å². The van der Waals surface area contributed by atoms with Crippen molar-refractivity contribution in [2.75, 3.05) is 18.0 Å². The third kappa shape index (κ3) is 2.47. The molecule has 0 radical (unpaired) electrons. The van der Waals surface area contributed by atoms with Crippen molar-refractivity contribution in [1.82, 2.24) is 15.0 Å². The molecule has 0 aromatic carbocycles. The Labute approximate surface area is 131 Å². The monoisotopic (exact) mass is 316 g/mol. The van der Waals surface area contributed by atoms with Gasteiger partial charge < -0.3 is 4.90 Å². The molecule has 3 aromatic rings. The topological polar surface area (TPSA) is 41.9 Å². The molecule has 0 spiro atoms. The van der Waals surface area contributed by atoms with E-state index in [9.17, 15) is 0 Å². The summed E-state index contributed by atoms with van der Waals surface area (Å²) in [6, 6.07) is 6.00. The number of fused-ring (bicyclic) bond motifs is 1. The van der Waals surface area contributed by atoms with Crippen LogP contribution >= 0.6 is 22.9 Å². The number of pyridine rings is 2. The highest BCUT2D eigenvalue weighted by Crippen LogP contribution is 2.30. The lowest BCUT2D eigenvalue weighted by Gasteiger charge is -2.15. The molecule has 1 aliphatic rings. The van der Waals surface area contributed by atoms with Crippen molar-refractivity contribution in [2.24, 2.45) is 0 Å². The molecule has 0 aliphatic carbocycles. The van der Waals surface area contributed by atoms with E-state index in [1.807, 2.05) is 12.3 Å². The zero-order chi connectivity index (χ0) is 14.2. The highest BCUT2D eigenvalue weighted by molar-refractivity contribution is 7.21. The Morgan fingerprint density at radius 2 is 1.95 bits per heavy atom. The number of hydrogen-bond acceptors (Lipinski definition) is 5. The van der Waals surface area contributed by atoms with Crippen LogP contribution in [-0.4, -0.2) is 28.0 Å². The van der Waals surface area contributed by atoms with Gasteiger partial charge in [0.15, 0.2) is 0 Å². The zero-order valence-electron chi connectivity index (χ0n) is 11.3. The summed E-state index contributed by atoms with van der Waals surface area (Å²) in [4.78, 5) is 16.7. The number of hydrogen-bond donors (Lipinski definition) is 0. The molecular formula is C15H13ClN4S. The summed E-state index contributed by atoms with van der Waals surface area (Å²) in [6.07, 6.45) is 6.06. The summed E-state index contributed by atoms with van der Waals surface area (Å²) in [5.41, 5.74) is 1.86. The standard InChI is InChI=1S/C15H13ClN4S/c16-11-7-12-15(18-9-11)21-14(19-12)10-3-4-13(17-8-10)20-5-1-2-6-20/h3-4,7-9H,1-2,5-6H2. The maximum absolute atomic E-state index is 5.95. The maximum atomic E-state index is 5.95. The molecule has 3 aromatic heterocycles. The zero-order valence-corrected chi connectivity index (χ0v) is 12.9. The van der Waals surface area contributed by atoms with E-state index < -0.39 is 0 Å². The van der Waals surface area contributed by atoms with Crippen molar-refractivity contribution in [1.29, 1.82) is 0 Å². The normalized spacial score (nSPS) is 15.0. The first-order chi connectivity index (χ1) is 10.3. The smallest absolute Gasteiger partial charge is 0.143 e. The molecule has 106 valence electrons. The van der Waals surface area contributed by atoms with Gasteiger partial charge >= 0.3 is 0 Å². The van der Waals surface area contributed by atoms with Gasteiger partial charge in [0.05, 0.1) is 5.02 Å². The molecule has 0 bridgehead atoms. The number of thiazole rings is 1. The van der Waals surface area contributed by atoms with Gasteiger partial charge in [-0.3, -0.25) is 0 Å². The average molecular weight is 317 g/mol. The first kappa shape index (κ1) is 13.0. The minimum Gasteiger partial charge on any atom is -0.357 e. The summed E-state index contributed by atoms with van der Waals surface area (Å²) in [7, 11) is 0. The highest BCUT2D eigenvalue weighted by Gasteiger charge is 2.14. The lowest BCUT2D eigenvalue weighted by molar-refractivity contribution is 0.938. The average Bonchev–Trinajstić information content (AvgIpc) is 3.16. The van der Waals surface area contributed by atoms with Crippen LogP contribution in [0, 0.1) is 0 Å².